The van der Waals surface area contributed by atoms with E-state index in [1.807, 2.05) is 0 Å². The summed E-state index contributed by atoms with van der Waals surface area (Å²) in [5, 5.41) is 4.04. The maximum absolute atomic E-state index is 12.0. The molecule has 2 rings (SSSR count). The Labute approximate surface area is 141 Å². The minimum Gasteiger partial charge on any atom is -0.497 e. The van der Waals surface area contributed by atoms with Gasteiger partial charge in [0.1, 0.15) is 5.75 Å². The first-order valence-corrected chi connectivity index (χ1v) is 8.99. The molecule has 0 heterocycles. The SMILES string of the molecule is COc1ccc(C(=O)N/N=C(/C)c2ccc(S(C)(=O)=O)cc2)cc1. The van der Waals surface area contributed by atoms with Gasteiger partial charge in [-0.25, -0.2) is 13.8 Å². The third kappa shape index (κ3) is 4.42. The molecular weight excluding hydrogens is 328 g/mol. The molecule has 2 aromatic rings. The third-order valence-corrected chi connectivity index (χ3v) is 4.51. The van der Waals surface area contributed by atoms with Gasteiger partial charge in [-0.1, -0.05) is 12.1 Å². The fraction of sp³-hybridized carbons (Fsp3) is 0.176. The normalized spacial score (nSPS) is 11.9. The third-order valence-electron chi connectivity index (χ3n) is 3.38. The highest BCUT2D eigenvalue weighted by molar-refractivity contribution is 7.90. The van der Waals surface area contributed by atoms with E-state index in [1.54, 1.807) is 50.4 Å². The predicted octanol–water partition coefficient (Wildman–Crippen LogP) is 2.25. The lowest BCUT2D eigenvalue weighted by molar-refractivity contribution is 0.0955. The van der Waals surface area contributed by atoms with Crippen LogP contribution < -0.4 is 10.2 Å². The van der Waals surface area contributed by atoms with E-state index in [0.29, 0.717) is 17.0 Å². The minimum absolute atomic E-state index is 0.237. The van der Waals surface area contributed by atoms with Crippen molar-refractivity contribution in [2.75, 3.05) is 13.4 Å². The number of carbonyl (C=O) groups is 1. The maximum Gasteiger partial charge on any atom is 0.271 e. The standard InChI is InChI=1S/C17H18N2O4S/c1-12(13-6-10-16(11-7-13)24(3,21)22)18-19-17(20)14-4-8-15(23-2)9-5-14/h4-11H,1-3H3,(H,19,20)/b18-12-. The Morgan fingerprint density at radius 2 is 1.54 bits per heavy atom. The Kier molecular flexibility index (Phi) is 5.35. The zero-order valence-electron chi connectivity index (χ0n) is 13.6. The number of nitrogens with one attached hydrogen (secondary N) is 1. The molecule has 7 heteroatoms. The van der Waals surface area contributed by atoms with Crippen LogP contribution in [0.4, 0.5) is 0 Å². The van der Waals surface area contributed by atoms with Crippen molar-refractivity contribution in [1.29, 1.82) is 0 Å². The fourth-order valence-electron chi connectivity index (χ4n) is 1.95. The van der Waals surface area contributed by atoms with Gasteiger partial charge in [-0.2, -0.15) is 5.10 Å². The van der Waals surface area contributed by atoms with Crippen LogP contribution in [0.15, 0.2) is 58.5 Å². The fourth-order valence-corrected chi connectivity index (χ4v) is 2.58. The van der Waals surface area contributed by atoms with E-state index in [0.717, 1.165) is 11.8 Å². The molecule has 0 saturated heterocycles. The van der Waals surface area contributed by atoms with Gasteiger partial charge in [0.25, 0.3) is 5.91 Å². The number of hydrogen-bond acceptors (Lipinski definition) is 5. The average molecular weight is 346 g/mol. The lowest BCUT2D eigenvalue weighted by Gasteiger charge is -2.05. The molecule has 0 aliphatic rings. The first kappa shape index (κ1) is 17.7. The summed E-state index contributed by atoms with van der Waals surface area (Å²) < 4.78 is 27.9. The average Bonchev–Trinajstić information content (AvgIpc) is 2.58. The number of amides is 1. The van der Waals surface area contributed by atoms with E-state index in [2.05, 4.69) is 10.5 Å². The van der Waals surface area contributed by atoms with Crippen molar-refractivity contribution in [2.45, 2.75) is 11.8 Å². The number of methoxy groups -OCH3 is 1. The molecule has 1 amide bonds. The van der Waals surface area contributed by atoms with Crippen molar-refractivity contribution in [2.24, 2.45) is 5.10 Å². The first-order chi connectivity index (χ1) is 11.3. The van der Waals surface area contributed by atoms with Gasteiger partial charge >= 0.3 is 0 Å². The van der Waals surface area contributed by atoms with Crippen LogP contribution in [0.3, 0.4) is 0 Å². The van der Waals surface area contributed by atoms with Crippen molar-refractivity contribution in [3.05, 3.63) is 59.7 Å². The van der Waals surface area contributed by atoms with E-state index in [4.69, 9.17) is 4.74 Å². The lowest BCUT2D eigenvalue weighted by atomic mass is 10.1. The Bertz CT molecular complexity index is 854. The predicted molar refractivity (Wildman–Crippen MR) is 92.2 cm³/mol. The smallest absolute Gasteiger partial charge is 0.271 e. The van der Waals surface area contributed by atoms with Crippen molar-refractivity contribution < 1.29 is 17.9 Å². The van der Waals surface area contributed by atoms with Gasteiger partial charge in [-0.3, -0.25) is 4.79 Å². The molecule has 0 bridgehead atoms. The van der Waals surface area contributed by atoms with Gasteiger partial charge in [0.05, 0.1) is 17.7 Å². The Morgan fingerprint density at radius 3 is 2.04 bits per heavy atom. The monoisotopic (exact) mass is 346 g/mol. The molecule has 0 spiro atoms. The second-order valence-electron chi connectivity index (χ2n) is 5.16. The number of ether oxygens (including phenoxy) is 1. The number of benzene rings is 2. The molecule has 6 nitrogen and oxygen atoms in total. The largest absolute Gasteiger partial charge is 0.497 e. The lowest BCUT2D eigenvalue weighted by Crippen LogP contribution is -2.19. The molecule has 0 aliphatic heterocycles. The molecule has 0 radical (unpaired) electrons. The van der Waals surface area contributed by atoms with Crippen LogP contribution in [0.25, 0.3) is 0 Å². The van der Waals surface area contributed by atoms with E-state index in [9.17, 15) is 13.2 Å². The van der Waals surface area contributed by atoms with Crippen LogP contribution in [-0.4, -0.2) is 33.4 Å². The zero-order chi connectivity index (χ0) is 17.7. The van der Waals surface area contributed by atoms with Gasteiger partial charge in [-0.15, -0.1) is 0 Å². The summed E-state index contributed by atoms with van der Waals surface area (Å²) in [7, 11) is -1.68. The number of hydrogen-bond donors (Lipinski definition) is 1. The van der Waals surface area contributed by atoms with Crippen molar-refractivity contribution in [1.82, 2.24) is 5.43 Å². The maximum atomic E-state index is 12.0. The van der Waals surface area contributed by atoms with Crippen LogP contribution in [-0.2, 0) is 9.84 Å². The summed E-state index contributed by atoms with van der Waals surface area (Å²) in [5.41, 5.74) is 4.21. The highest BCUT2D eigenvalue weighted by Gasteiger charge is 2.08. The summed E-state index contributed by atoms with van der Waals surface area (Å²) in [6.45, 7) is 1.73. The van der Waals surface area contributed by atoms with Crippen LogP contribution in [0.2, 0.25) is 0 Å². The minimum atomic E-state index is -3.23. The topological polar surface area (TPSA) is 84.8 Å². The van der Waals surface area contributed by atoms with E-state index < -0.39 is 9.84 Å². The molecule has 0 aromatic heterocycles. The van der Waals surface area contributed by atoms with Gasteiger partial charge in [0.2, 0.25) is 0 Å². The van der Waals surface area contributed by atoms with Crippen LogP contribution >= 0.6 is 0 Å². The molecule has 0 aliphatic carbocycles. The van der Waals surface area contributed by atoms with Crippen LogP contribution in [0.1, 0.15) is 22.8 Å². The number of rotatable bonds is 5. The molecule has 0 atom stereocenters. The highest BCUT2D eigenvalue weighted by Crippen LogP contribution is 2.12. The van der Waals surface area contributed by atoms with Crippen molar-refractivity contribution >= 4 is 21.5 Å². The van der Waals surface area contributed by atoms with Gasteiger partial charge < -0.3 is 4.74 Å². The molecular formula is C17H18N2O4S. The molecule has 0 fully saturated rings. The quantitative estimate of drug-likeness (QED) is 0.665. The molecule has 24 heavy (non-hydrogen) atoms. The second-order valence-corrected chi connectivity index (χ2v) is 7.18. The Balaban J connectivity index is 2.08. The van der Waals surface area contributed by atoms with E-state index in [-0.39, 0.29) is 10.8 Å². The molecule has 0 saturated carbocycles. The summed E-state index contributed by atoms with van der Waals surface area (Å²) in [5.74, 6) is 0.321. The number of nitrogens with zero attached hydrogens (tertiary/aromatic N) is 1. The van der Waals surface area contributed by atoms with Crippen LogP contribution in [0, 0.1) is 0 Å². The van der Waals surface area contributed by atoms with Gasteiger partial charge in [-0.05, 0) is 48.9 Å². The van der Waals surface area contributed by atoms with Crippen LogP contribution in [0.5, 0.6) is 5.75 Å². The molecule has 0 unspecified atom stereocenters. The molecule has 126 valence electrons. The van der Waals surface area contributed by atoms with Crippen molar-refractivity contribution in [3.63, 3.8) is 0 Å². The second kappa shape index (κ2) is 7.27. The number of carbonyl (C=O) groups excluding carboxylic acids is 1. The zero-order valence-corrected chi connectivity index (χ0v) is 14.4. The molecule has 2 aromatic carbocycles. The first-order valence-electron chi connectivity index (χ1n) is 7.10. The Morgan fingerprint density at radius 1 is 1.00 bits per heavy atom. The number of sulfone groups is 1. The Hall–Kier alpha value is -2.67. The summed E-state index contributed by atoms with van der Waals surface area (Å²) in [6, 6.07) is 13.0. The van der Waals surface area contributed by atoms with E-state index >= 15 is 0 Å². The van der Waals surface area contributed by atoms with Gasteiger partial charge in [0.15, 0.2) is 9.84 Å². The summed E-state index contributed by atoms with van der Waals surface area (Å²) in [4.78, 5) is 12.3. The van der Waals surface area contributed by atoms with Crippen molar-refractivity contribution in [3.8, 4) is 5.75 Å². The highest BCUT2D eigenvalue weighted by atomic mass is 32.2. The molecule has 1 N–H and O–H groups in total. The number of hydrazone groups is 1. The summed E-state index contributed by atoms with van der Waals surface area (Å²) in [6.07, 6.45) is 1.15. The summed E-state index contributed by atoms with van der Waals surface area (Å²) >= 11 is 0. The van der Waals surface area contributed by atoms with Gasteiger partial charge in [0, 0.05) is 11.8 Å². The van der Waals surface area contributed by atoms with E-state index in [1.165, 1.54) is 12.1 Å².